The van der Waals surface area contributed by atoms with E-state index in [1.165, 1.54) is 0 Å². The molecular weight excluding hydrogens is 332 g/mol. The van der Waals surface area contributed by atoms with E-state index in [0.717, 1.165) is 23.0 Å². The number of halogens is 1. The topological polar surface area (TPSA) is 51.1 Å². The van der Waals surface area contributed by atoms with Crippen LogP contribution < -0.4 is 5.32 Å². The second-order valence-corrected chi connectivity index (χ2v) is 6.09. The molecule has 0 unspecified atom stereocenters. The molecule has 1 fully saturated rings. The Bertz CT molecular complexity index is 689. The molecule has 0 bridgehead atoms. The van der Waals surface area contributed by atoms with Crippen molar-refractivity contribution in [2.45, 2.75) is 19.4 Å². The van der Waals surface area contributed by atoms with Crippen LogP contribution in [0.1, 0.15) is 23.2 Å². The van der Waals surface area contributed by atoms with E-state index >= 15 is 0 Å². The molecule has 5 heteroatoms. The maximum Gasteiger partial charge on any atom is 0.244 e. The molecule has 1 amide bonds. The van der Waals surface area contributed by atoms with Crippen molar-refractivity contribution in [2.24, 2.45) is 5.92 Å². The van der Waals surface area contributed by atoms with Crippen LogP contribution in [0, 0.1) is 5.92 Å². The molecule has 1 aliphatic rings. The van der Waals surface area contributed by atoms with E-state index < -0.39 is 0 Å². The Kier molecular flexibility index (Phi) is 3.92. The summed E-state index contributed by atoms with van der Waals surface area (Å²) in [6, 6.07) is 9.24. The summed E-state index contributed by atoms with van der Waals surface area (Å²) in [6.07, 6.45) is 5.51. The molecule has 0 saturated heterocycles. The van der Waals surface area contributed by atoms with Crippen LogP contribution in [-0.4, -0.2) is 16.3 Å². The number of ketones is 1. The van der Waals surface area contributed by atoms with Crippen LogP contribution in [-0.2, 0) is 11.3 Å². The standard InChI is InChI=1S/C16H15BrN2O2/c17-13-3-1-2-4-14(13)18-15(20)10-19-8-7-12(9-19)16(21)11-5-6-11/h1-4,7-9,11H,5-6,10H2,(H,18,20). The quantitative estimate of drug-likeness (QED) is 0.842. The van der Waals surface area contributed by atoms with Gasteiger partial charge in [-0.15, -0.1) is 0 Å². The van der Waals surface area contributed by atoms with Crippen LogP contribution in [0.5, 0.6) is 0 Å². The van der Waals surface area contributed by atoms with E-state index in [1.807, 2.05) is 24.3 Å². The van der Waals surface area contributed by atoms with Crippen LogP contribution in [0.4, 0.5) is 5.69 Å². The van der Waals surface area contributed by atoms with E-state index in [1.54, 1.807) is 23.0 Å². The lowest BCUT2D eigenvalue weighted by molar-refractivity contribution is -0.116. The number of nitrogens with one attached hydrogen (secondary N) is 1. The minimum absolute atomic E-state index is 0.122. The molecule has 1 heterocycles. The summed E-state index contributed by atoms with van der Waals surface area (Å²) in [7, 11) is 0. The average Bonchev–Trinajstić information content (AvgIpc) is 3.21. The zero-order chi connectivity index (χ0) is 14.8. The van der Waals surface area contributed by atoms with Crippen LogP contribution in [0.15, 0.2) is 47.2 Å². The summed E-state index contributed by atoms with van der Waals surface area (Å²) >= 11 is 3.39. The summed E-state index contributed by atoms with van der Waals surface area (Å²) in [4.78, 5) is 23.9. The van der Waals surface area contributed by atoms with Gasteiger partial charge in [0.05, 0.1) is 5.69 Å². The summed E-state index contributed by atoms with van der Waals surface area (Å²) in [5, 5.41) is 2.84. The summed E-state index contributed by atoms with van der Waals surface area (Å²) in [5.74, 6) is 0.276. The van der Waals surface area contributed by atoms with Gasteiger partial charge in [0.15, 0.2) is 5.78 Å². The normalized spacial score (nSPS) is 14.0. The van der Waals surface area contributed by atoms with Crippen molar-refractivity contribution in [2.75, 3.05) is 5.32 Å². The number of carbonyl (C=O) groups excluding carboxylic acids is 2. The van der Waals surface area contributed by atoms with Crippen LogP contribution >= 0.6 is 15.9 Å². The first-order chi connectivity index (χ1) is 10.1. The zero-order valence-electron chi connectivity index (χ0n) is 11.4. The van der Waals surface area contributed by atoms with Crippen molar-refractivity contribution in [3.05, 3.63) is 52.8 Å². The molecule has 1 aliphatic carbocycles. The van der Waals surface area contributed by atoms with Gasteiger partial charge in [-0.2, -0.15) is 0 Å². The van der Waals surface area contributed by atoms with Crippen molar-refractivity contribution < 1.29 is 9.59 Å². The van der Waals surface area contributed by atoms with Gasteiger partial charge in [0.25, 0.3) is 0 Å². The number of Topliss-reactive ketones (excluding diaryl/α,β-unsaturated/α-hetero) is 1. The number of hydrogen-bond donors (Lipinski definition) is 1. The van der Waals surface area contributed by atoms with Crippen molar-refractivity contribution >= 4 is 33.3 Å². The van der Waals surface area contributed by atoms with Gasteiger partial charge in [-0.3, -0.25) is 9.59 Å². The van der Waals surface area contributed by atoms with Gasteiger partial charge in [0.2, 0.25) is 5.91 Å². The highest BCUT2D eigenvalue weighted by atomic mass is 79.9. The Hall–Kier alpha value is -1.88. The first-order valence-corrected chi connectivity index (χ1v) is 7.67. The third kappa shape index (κ3) is 3.42. The lowest BCUT2D eigenvalue weighted by Crippen LogP contribution is -2.18. The fourth-order valence-corrected chi connectivity index (χ4v) is 2.57. The maximum atomic E-state index is 12.0. The first kappa shape index (κ1) is 14.1. The molecule has 4 nitrogen and oxygen atoms in total. The van der Waals surface area contributed by atoms with E-state index in [9.17, 15) is 9.59 Å². The highest BCUT2D eigenvalue weighted by Gasteiger charge is 2.30. The number of benzene rings is 1. The Morgan fingerprint density at radius 3 is 2.71 bits per heavy atom. The maximum absolute atomic E-state index is 12.0. The highest BCUT2D eigenvalue weighted by Crippen LogP contribution is 2.32. The summed E-state index contributed by atoms with van der Waals surface area (Å²) in [5.41, 5.74) is 1.44. The minimum atomic E-state index is -0.122. The van der Waals surface area contributed by atoms with Gasteiger partial charge in [0.1, 0.15) is 6.54 Å². The van der Waals surface area contributed by atoms with Crippen LogP contribution in [0.2, 0.25) is 0 Å². The van der Waals surface area contributed by atoms with Gasteiger partial charge < -0.3 is 9.88 Å². The van der Waals surface area contributed by atoms with E-state index in [-0.39, 0.29) is 24.2 Å². The number of para-hydroxylation sites is 1. The molecule has 1 aromatic carbocycles. The lowest BCUT2D eigenvalue weighted by atomic mass is 10.1. The van der Waals surface area contributed by atoms with Crippen molar-refractivity contribution in [1.82, 2.24) is 4.57 Å². The summed E-state index contributed by atoms with van der Waals surface area (Å²) in [6.45, 7) is 0.194. The molecule has 0 aliphatic heterocycles. The molecule has 1 N–H and O–H groups in total. The Morgan fingerprint density at radius 1 is 1.24 bits per heavy atom. The smallest absolute Gasteiger partial charge is 0.244 e. The Balaban J connectivity index is 1.62. The molecule has 2 aromatic rings. The number of carbonyl (C=O) groups is 2. The summed E-state index contributed by atoms with van der Waals surface area (Å²) < 4.78 is 2.58. The third-order valence-electron chi connectivity index (χ3n) is 3.46. The van der Waals surface area contributed by atoms with Gasteiger partial charge in [0, 0.05) is 28.3 Å². The number of anilines is 1. The van der Waals surface area contributed by atoms with Gasteiger partial charge in [-0.25, -0.2) is 0 Å². The molecule has 1 aromatic heterocycles. The van der Waals surface area contributed by atoms with E-state index in [0.29, 0.717) is 5.56 Å². The van der Waals surface area contributed by atoms with Gasteiger partial charge in [-0.05, 0) is 47.0 Å². The number of nitrogens with zero attached hydrogens (tertiary/aromatic N) is 1. The second-order valence-electron chi connectivity index (χ2n) is 5.24. The third-order valence-corrected chi connectivity index (χ3v) is 4.15. The van der Waals surface area contributed by atoms with Crippen molar-refractivity contribution in [3.8, 4) is 0 Å². The molecule has 0 radical (unpaired) electrons. The number of rotatable bonds is 5. The number of amides is 1. The van der Waals surface area contributed by atoms with Crippen LogP contribution in [0.25, 0.3) is 0 Å². The Morgan fingerprint density at radius 2 is 2.00 bits per heavy atom. The molecule has 108 valence electrons. The minimum Gasteiger partial charge on any atom is -0.344 e. The lowest BCUT2D eigenvalue weighted by Gasteiger charge is -2.07. The highest BCUT2D eigenvalue weighted by molar-refractivity contribution is 9.10. The fraction of sp³-hybridized carbons (Fsp3) is 0.250. The molecule has 1 saturated carbocycles. The average molecular weight is 347 g/mol. The zero-order valence-corrected chi connectivity index (χ0v) is 13.0. The number of aromatic nitrogens is 1. The molecule has 0 spiro atoms. The van der Waals surface area contributed by atoms with E-state index in [2.05, 4.69) is 21.2 Å². The molecule has 0 atom stereocenters. The molecule has 21 heavy (non-hydrogen) atoms. The van der Waals surface area contributed by atoms with Crippen molar-refractivity contribution in [3.63, 3.8) is 0 Å². The second kappa shape index (κ2) is 5.85. The Labute approximate surface area is 131 Å². The van der Waals surface area contributed by atoms with Gasteiger partial charge in [-0.1, -0.05) is 12.1 Å². The number of hydrogen-bond acceptors (Lipinski definition) is 2. The van der Waals surface area contributed by atoms with Crippen molar-refractivity contribution in [1.29, 1.82) is 0 Å². The fourth-order valence-electron chi connectivity index (χ4n) is 2.18. The largest absolute Gasteiger partial charge is 0.344 e. The predicted molar refractivity (Wildman–Crippen MR) is 84.3 cm³/mol. The monoisotopic (exact) mass is 346 g/mol. The molecule has 3 rings (SSSR count). The first-order valence-electron chi connectivity index (χ1n) is 6.88. The van der Waals surface area contributed by atoms with Crippen LogP contribution in [0.3, 0.4) is 0 Å². The molecular formula is C16H15BrN2O2. The van der Waals surface area contributed by atoms with E-state index in [4.69, 9.17) is 0 Å². The SMILES string of the molecule is O=C(Cn1ccc(C(=O)C2CC2)c1)Nc1ccccc1Br. The van der Waals surface area contributed by atoms with Gasteiger partial charge >= 0.3 is 0 Å². The predicted octanol–water partition coefficient (Wildman–Crippen LogP) is 3.48.